The first kappa shape index (κ1) is 16.9. The number of hydrogen-bond donors (Lipinski definition) is 1. The molecular weight excluding hydrogens is 350 g/mol. The minimum atomic E-state index is -0.0507. The van der Waals surface area contributed by atoms with Crippen molar-refractivity contribution in [3.63, 3.8) is 0 Å². The Labute approximate surface area is 139 Å². The summed E-state index contributed by atoms with van der Waals surface area (Å²) in [5.74, 6) is 0.403. The Morgan fingerprint density at radius 3 is 2.86 bits per heavy atom. The Bertz CT molecular complexity index is 532. The van der Waals surface area contributed by atoms with E-state index in [9.17, 15) is 4.79 Å². The fourth-order valence-electron chi connectivity index (χ4n) is 2.79. The lowest BCUT2D eigenvalue weighted by Gasteiger charge is -2.31. The zero-order valence-corrected chi connectivity index (χ0v) is 15.3. The van der Waals surface area contributed by atoms with E-state index in [1.54, 1.807) is 6.20 Å². The molecule has 6 heteroatoms. The average Bonchev–Trinajstić information content (AvgIpc) is 2.47. The fourth-order valence-corrected chi connectivity index (χ4v) is 4.14. The minimum absolute atomic E-state index is 0.0507. The van der Waals surface area contributed by atoms with Gasteiger partial charge in [-0.05, 0) is 40.9 Å². The molecule has 2 rings (SSSR count). The molecule has 1 saturated carbocycles. The minimum Gasteiger partial charge on any atom is -0.379 e. The van der Waals surface area contributed by atoms with E-state index in [4.69, 9.17) is 0 Å². The van der Waals surface area contributed by atoms with E-state index in [1.807, 2.05) is 11.8 Å². The molecule has 1 aromatic rings. The molecule has 21 heavy (non-hydrogen) atoms. The second-order valence-corrected chi connectivity index (χ2v) is 7.93. The van der Waals surface area contributed by atoms with Crippen molar-refractivity contribution in [3.05, 3.63) is 21.0 Å². The van der Waals surface area contributed by atoms with Gasteiger partial charge in [0.1, 0.15) is 4.47 Å². The van der Waals surface area contributed by atoms with E-state index < -0.39 is 0 Å². The molecule has 118 valence electrons. The maximum absolute atomic E-state index is 12.3. The van der Waals surface area contributed by atoms with Crippen LogP contribution in [0.4, 0.5) is 5.69 Å². The number of thioether (sulfide) groups is 1. The SMILES string of the molecule is CSC1CCCCC1Nc1cnn(CC(C)C)c(=O)c1Br. The first-order valence-electron chi connectivity index (χ1n) is 7.58. The topological polar surface area (TPSA) is 46.9 Å². The molecule has 1 N–H and O–H groups in total. The van der Waals surface area contributed by atoms with Gasteiger partial charge in [0, 0.05) is 17.8 Å². The summed E-state index contributed by atoms with van der Waals surface area (Å²) in [7, 11) is 0. The van der Waals surface area contributed by atoms with Gasteiger partial charge in [0.25, 0.3) is 5.56 Å². The molecule has 0 aliphatic heterocycles. The largest absolute Gasteiger partial charge is 0.379 e. The van der Waals surface area contributed by atoms with Crippen LogP contribution in [-0.2, 0) is 6.54 Å². The van der Waals surface area contributed by atoms with E-state index in [2.05, 4.69) is 46.4 Å². The second kappa shape index (κ2) is 7.68. The van der Waals surface area contributed by atoms with Crippen LogP contribution in [-0.4, -0.2) is 27.3 Å². The summed E-state index contributed by atoms with van der Waals surface area (Å²) >= 11 is 5.36. The van der Waals surface area contributed by atoms with Crippen LogP contribution in [0.1, 0.15) is 39.5 Å². The molecular formula is C15H24BrN3OS. The van der Waals surface area contributed by atoms with Crippen LogP contribution in [0.25, 0.3) is 0 Å². The summed E-state index contributed by atoms with van der Waals surface area (Å²) in [5, 5.41) is 8.44. The van der Waals surface area contributed by atoms with Gasteiger partial charge >= 0.3 is 0 Å². The smallest absolute Gasteiger partial charge is 0.283 e. The number of nitrogens with one attached hydrogen (secondary N) is 1. The molecule has 2 atom stereocenters. The van der Waals surface area contributed by atoms with Gasteiger partial charge in [-0.1, -0.05) is 26.7 Å². The van der Waals surface area contributed by atoms with Gasteiger partial charge in [0.15, 0.2) is 0 Å². The Morgan fingerprint density at radius 2 is 2.19 bits per heavy atom. The van der Waals surface area contributed by atoms with Crippen molar-refractivity contribution < 1.29 is 0 Å². The summed E-state index contributed by atoms with van der Waals surface area (Å²) in [6.07, 6.45) is 8.91. The molecule has 1 heterocycles. The number of nitrogens with zero attached hydrogens (tertiary/aromatic N) is 2. The maximum atomic E-state index is 12.3. The van der Waals surface area contributed by atoms with Crippen molar-refractivity contribution >= 4 is 33.4 Å². The molecule has 4 nitrogen and oxygen atoms in total. The summed E-state index contributed by atoms with van der Waals surface area (Å²) in [5.41, 5.74) is 0.774. The van der Waals surface area contributed by atoms with Crippen molar-refractivity contribution in [2.24, 2.45) is 5.92 Å². The van der Waals surface area contributed by atoms with E-state index in [0.717, 1.165) is 12.1 Å². The predicted molar refractivity (Wildman–Crippen MR) is 94.2 cm³/mol. The van der Waals surface area contributed by atoms with Gasteiger partial charge in [-0.2, -0.15) is 16.9 Å². The standard InChI is InChI=1S/C15H24BrN3OS/c1-10(2)9-19-15(20)14(16)12(8-17-19)18-11-6-4-5-7-13(11)21-3/h8,10-11,13,18H,4-7,9H2,1-3H3. The Balaban J connectivity index is 2.17. The van der Waals surface area contributed by atoms with Crippen LogP contribution in [0.15, 0.2) is 15.5 Å². The van der Waals surface area contributed by atoms with E-state index in [-0.39, 0.29) is 5.56 Å². The highest BCUT2D eigenvalue weighted by Gasteiger charge is 2.25. The Morgan fingerprint density at radius 1 is 1.48 bits per heavy atom. The van der Waals surface area contributed by atoms with Crippen LogP contribution >= 0.6 is 27.7 Å². The summed E-state index contributed by atoms with van der Waals surface area (Å²) < 4.78 is 2.14. The highest BCUT2D eigenvalue weighted by molar-refractivity contribution is 9.10. The number of rotatable bonds is 5. The van der Waals surface area contributed by atoms with Crippen molar-refractivity contribution in [2.75, 3.05) is 11.6 Å². The molecule has 0 radical (unpaired) electrons. The van der Waals surface area contributed by atoms with Crippen LogP contribution in [0.3, 0.4) is 0 Å². The van der Waals surface area contributed by atoms with Gasteiger partial charge in [-0.3, -0.25) is 4.79 Å². The number of hydrogen-bond acceptors (Lipinski definition) is 4. The Kier molecular flexibility index (Phi) is 6.17. The lowest BCUT2D eigenvalue weighted by atomic mass is 9.95. The molecule has 1 aliphatic rings. The van der Waals surface area contributed by atoms with Gasteiger partial charge < -0.3 is 5.32 Å². The van der Waals surface area contributed by atoms with Crippen molar-refractivity contribution in [1.29, 1.82) is 0 Å². The van der Waals surface area contributed by atoms with Gasteiger partial charge in [-0.25, -0.2) is 4.68 Å². The summed E-state index contributed by atoms with van der Waals surface area (Å²) in [6, 6.07) is 0.423. The lowest BCUT2D eigenvalue weighted by molar-refractivity contribution is 0.459. The summed E-state index contributed by atoms with van der Waals surface area (Å²) in [6.45, 7) is 4.81. The van der Waals surface area contributed by atoms with Crippen molar-refractivity contribution in [1.82, 2.24) is 9.78 Å². The molecule has 1 aromatic heterocycles. The van der Waals surface area contributed by atoms with E-state index in [1.165, 1.54) is 23.9 Å². The number of aromatic nitrogens is 2. The molecule has 0 spiro atoms. The fraction of sp³-hybridized carbons (Fsp3) is 0.733. The normalized spacial score (nSPS) is 22.5. The average molecular weight is 374 g/mol. The maximum Gasteiger partial charge on any atom is 0.283 e. The van der Waals surface area contributed by atoms with Crippen LogP contribution in [0.2, 0.25) is 0 Å². The highest BCUT2D eigenvalue weighted by Crippen LogP contribution is 2.30. The number of anilines is 1. The third-order valence-corrected chi connectivity index (χ3v) is 5.81. The Hall–Kier alpha value is -0.490. The predicted octanol–water partition coefficient (Wildman–Crippen LogP) is 3.75. The van der Waals surface area contributed by atoms with E-state index >= 15 is 0 Å². The molecule has 0 bridgehead atoms. The van der Waals surface area contributed by atoms with Gasteiger partial charge in [0.2, 0.25) is 0 Å². The van der Waals surface area contributed by atoms with E-state index in [0.29, 0.717) is 28.2 Å². The quantitative estimate of drug-likeness (QED) is 0.853. The van der Waals surface area contributed by atoms with Gasteiger partial charge in [-0.15, -0.1) is 0 Å². The zero-order chi connectivity index (χ0) is 15.4. The lowest BCUT2D eigenvalue weighted by Crippen LogP contribution is -2.35. The monoisotopic (exact) mass is 373 g/mol. The molecule has 2 unspecified atom stereocenters. The third kappa shape index (κ3) is 4.25. The first-order chi connectivity index (χ1) is 10.0. The van der Waals surface area contributed by atoms with Crippen molar-refractivity contribution in [3.8, 4) is 0 Å². The molecule has 0 amide bonds. The van der Waals surface area contributed by atoms with Crippen LogP contribution in [0.5, 0.6) is 0 Å². The van der Waals surface area contributed by atoms with Gasteiger partial charge in [0.05, 0.1) is 11.9 Å². The molecule has 0 saturated heterocycles. The molecule has 0 aromatic carbocycles. The molecule has 1 aliphatic carbocycles. The van der Waals surface area contributed by atoms with Crippen LogP contribution in [0, 0.1) is 5.92 Å². The van der Waals surface area contributed by atoms with Crippen LogP contribution < -0.4 is 10.9 Å². The van der Waals surface area contributed by atoms with Crippen molar-refractivity contribution in [2.45, 2.75) is 57.4 Å². The highest BCUT2D eigenvalue weighted by atomic mass is 79.9. The third-order valence-electron chi connectivity index (χ3n) is 3.87. The number of halogens is 1. The summed E-state index contributed by atoms with van der Waals surface area (Å²) in [4.78, 5) is 12.3. The molecule has 1 fully saturated rings. The first-order valence-corrected chi connectivity index (χ1v) is 9.66. The second-order valence-electron chi connectivity index (χ2n) is 6.06. The zero-order valence-electron chi connectivity index (χ0n) is 12.9.